The first-order valence-corrected chi connectivity index (χ1v) is 11.8. The predicted molar refractivity (Wildman–Crippen MR) is 113 cm³/mol. The lowest BCUT2D eigenvalue weighted by Gasteiger charge is -2.15. The van der Waals surface area contributed by atoms with Crippen molar-refractivity contribution in [3.8, 4) is 16.2 Å². The first-order valence-electron chi connectivity index (χ1n) is 8.75. The number of phenolic OH excluding ortho intramolecular Hbond substituents is 1. The number of rotatable bonds is 0. The van der Waals surface area contributed by atoms with Crippen molar-refractivity contribution < 1.29 is 31.8 Å². The van der Waals surface area contributed by atoms with Gasteiger partial charge in [0.25, 0.3) is 10.0 Å². The number of aromatic hydroxyl groups is 1. The van der Waals surface area contributed by atoms with Gasteiger partial charge in [-0.05, 0) is 41.1 Å². The van der Waals surface area contributed by atoms with Crippen LogP contribution in [0.3, 0.4) is 0 Å². The van der Waals surface area contributed by atoms with Crippen LogP contribution in [0.2, 0.25) is 0 Å². The number of anilines is 1. The minimum atomic E-state index is -4.56. The third-order valence-electron chi connectivity index (χ3n) is 4.48. The molecular formula is C19H13BrF2N2O5S2. The number of hydrogen-bond donors (Lipinski definition) is 2. The van der Waals surface area contributed by atoms with Gasteiger partial charge in [-0.1, -0.05) is 0 Å². The number of carbonyl (C=O) groups is 1. The van der Waals surface area contributed by atoms with Gasteiger partial charge in [0, 0.05) is 18.1 Å². The Morgan fingerprint density at radius 3 is 2.71 bits per heavy atom. The summed E-state index contributed by atoms with van der Waals surface area (Å²) in [5.41, 5.74) is -0.285. The number of thiazole rings is 1. The summed E-state index contributed by atoms with van der Waals surface area (Å²) in [7, 11) is -4.56. The van der Waals surface area contributed by atoms with Crippen LogP contribution in [0.5, 0.6) is 5.75 Å². The molecule has 0 unspecified atom stereocenters. The highest BCUT2D eigenvalue weighted by Crippen LogP contribution is 2.38. The molecule has 1 aliphatic heterocycles. The third-order valence-corrected chi connectivity index (χ3v) is 7.51. The number of cyclic esters (lactones) is 1. The molecule has 0 saturated heterocycles. The number of nitrogens with one attached hydrogen (secondary N) is 1. The summed E-state index contributed by atoms with van der Waals surface area (Å²) < 4.78 is 62.0. The number of ether oxygens (including phenoxy) is 1. The van der Waals surface area contributed by atoms with Gasteiger partial charge in [-0.25, -0.2) is 27.0 Å². The third kappa shape index (κ3) is 4.02. The van der Waals surface area contributed by atoms with E-state index in [1.54, 1.807) is 6.92 Å². The molecule has 7 nitrogen and oxygen atoms in total. The summed E-state index contributed by atoms with van der Waals surface area (Å²) in [4.78, 5) is 16.5. The molecule has 4 rings (SSSR count). The molecule has 2 aromatic carbocycles. The van der Waals surface area contributed by atoms with Gasteiger partial charge in [0.15, 0.2) is 0 Å². The molecule has 0 aliphatic carbocycles. The predicted octanol–water partition coefficient (Wildman–Crippen LogP) is 4.38. The van der Waals surface area contributed by atoms with Crippen molar-refractivity contribution in [1.29, 1.82) is 0 Å². The van der Waals surface area contributed by atoms with E-state index in [-0.39, 0.29) is 28.6 Å². The lowest BCUT2D eigenvalue weighted by molar-refractivity contribution is 0.0508. The van der Waals surface area contributed by atoms with Gasteiger partial charge in [0.1, 0.15) is 22.3 Å². The van der Waals surface area contributed by atoms with Crippen molar-refractivity contribution >= 4 is 48.9 Å². The molecule has 2 heterocycles. The first kappa shape index (κ1) is 21.7. The second-order valence-electron chi connectivity index (χ2n) is 6.62. The van der Waals surface area contributed by atoms with Gasteiger partial charge in [0.2, 0.25) is 0 Å². The van der Waals surface area contributed by atoms with Gasteiger partial charge in [-0.3, -0.25) is 4.72 Å². The van der Waals surface area contributed by atoms with Crippen LogP contribution in [0.4, 0.5) is 14.5 Å². The van der Waals surface area contributed by atoms with Crippen LogP contribution in [-0.4, -0.2) is 31.1 Å². The second-order valence-corrected chi connectivity index (χ2v) is 10.3. The summed E-state index contributed by atoms with van der Waals surface area (Å²) >= 11 is 4.14. The molecule has 1 aromatic heterocycles. The van der Waals surface area contributed by atoms with Crippen molar-refractivity contribution in [2.45, 2.75) is 18.2 Å². The summed E-state index contributed by atoms with van der Waals surface area (Å²) in [5.74, 6) is -3.56. The number of carbonyl (C=O) groups excluding carboxylic acids is 1. The molecule has 0 fully saturated rings. The molecule has 2 N–H and O–H groups in total. The maximum absolute atomic E-state index is 14.6. The Labute approximate surface area is 187 Å². The van der Waals surface area contributed by atoms with E-state index in [0.717, 1.165) is 23.5 Å². The van der Waals surface area contributed by atoms with Crippen molar-refractivity contribution in [2.75, 3.05) is 11.3 Å². The van der Waals surface area contributed by atoms with Crippen LogP contribution in [0.1, 0.15) is 21.1 Å². The van der Waals surface area contributed by atoms with Crippen molar-refractivity contribution in [3.05, 3.63) is 56.6 Å². The van der Waals surface area contributed by atoms with E-state index in [1.165, 1.54) is 6.07 Å². The monoisotopic (exact) mass is 530 g/mol. The average molecular weight is 531 g/mol. The van der Waals surface area contributed by atoms with Gasteiger partial charge >= 0.3 is 5.97 Å². The van der Waals surface area contributed by atoms with Crippen LogP contribution >= 0.6 is 27.3 Å². The molecular weight excluding hydrogens is 518 g/mol. The molecule has 0 amide bonds. The maximum Gasteiger partial charge on any atom is 0.338 e. The lowest BCUT2D eigenvalue weighted by Crippen LogP contribution is -2.17. The zero-order valence-corrected chi connectivity index (χ0v) is 18.9. The second kappa shape index (κ2) is 7.84. The van der Waals surface area contributed by atoms with E-state index in [0.29, 0.717) is 21.6 Å². The van der Waals surface area contributed by atoms with Crippen LogP contribution in [0.15, 0.2) is 33.6 Å². The molecule has 0 spiro atoms. The van der Waals surface area contributed by atoms with E-state index >= 15 is 0 Å². The topological polar surface area (TPSA) is 106 Å². The maximum atomic E-state index is 14.6. The number of esters is 1. The molecule has 12 heteroatoms. The van der Waals surface area contributed by atoms with Crippen molar-refractivity contribution in [3.63, 3.8) is 0 Å². The summed E-state index contributed by atoms with van der Waals surface area (Å²) in [5, 5.41) is 10.8. The Morgan fingerprint density at radius 1 is 1.23 bits per heavy atom. The number of nitrogens with zero attached hydrogens (tertiary/aromatic N) is 1. The molecule has 0 atom stereocenters. The highest BCUT2D eigenvalue weighted by atomic mass is 79.9. The van der Waals surface area contributed by atoms with E-state index in [1.807, 2.05) is 4.72 Å². The molecule has 4 bridgehead atoms. The van der Waals surface area contributed by atoms with Crippen molar-refractivity contribution in [2.24, 2.45) is 0 Å². The summed E-state index contributed by atoms with van der Waals surface area (Å²) in [6.07, 6.45) is 0.162. The van der Waals surface area contributed by atoms with E-state index in [9.17, 15) is 27.1 Å². The van der Waals surface area contributed by atoms with Crippen LogP contribution in [0.25, 0.3) is 10.4 Å². The fraction of sp³-hybridized carbons (Fsp3) is 0.158. The summed E-state index contributed by atoms with van der Waals surface area (Å²) in [6.45, 7) is 1.60. The molecule has 31 heavy (non-hydrogen) atoms. The number of benzene rings is 2. The van der Waals surface area contributed by atoms with Gasteiger partial charge in [-0.2, -0.15) is 0 Å². The zero-order valence-electron chi connectivity index (χ0n) is 15.7. The average Bonchev–Trinajstić information content (AvgIpc) is 3.05. The zero-order chi connectivity index (χ0) is 22.5. The minimum Gasteiger partial charge on any atom is -0.505 e. The Kier molecular flexibility index (Phi) is 5.48. The van der Waals surface area contributed by atoms with Crippen LogP contribution in [0, 0.1) is 18.6 Å². The fourth-order valence-corrected chi connectivity index (χ4v) is 5.85. The Hall–Kier alpha value is -2.57. The van der Waals surface area contributed by atoms with Crippen LogP contribution < -0.4 is 4.72 Å². The molecule has 0 radical (unpaired) electrons. The normalized spacial score (nSPS) is 15.4. The number of aromatic nitrogens is 1. The Morgan fingerprint density at radius 2 is 1.97 bits per heavy atom. The summed E-state index contributed by atoms with van der Waals surface area (Å²) in [6, 6.07) is 3.73. The number of aryl methyl sites for hydroxylation is 1. The van der Waals surface area contributed by atoms with Gasteiger partial charge < -0.3 is 9.84 Å². The van der Waals surface area contributed by atoms with E-state index in [2.05, 4.69) is 20.9 Å². The number of phenols is 1. The smallest absolute Gasteiger partial charge is 0.338 e. The van der Waals surface area contributed by atoms with Crippen molar-refractivity contribution in [1.82, 2.24) is 4.98 Å². The largest absolute Gasteiger partial charge is 0.505 e. The molecule has 3 aromatic rings. The van der Waals surface area contributed by atoms with E-state index < -0.39 is 44.0 Å². The standard InChI is InChI=1S/C19H13BrF2N2O5S2/c1-8-23-14-2-3-29-19(26)9-4-11(20)17(25)16(5-9)31(27,28)24-15-6-10(18(14)30-8)12(21)7-13(15)22/h4-7,24-25H,2-3H2,1H3. The number of halogens is 3. The van der Waals surface area contributed by atoms with E-state index in [4.69, 9.17) is 4.74 Å². The number of fused-ring (bicyclic) bond motifs is 6. The molecule has 0 saturated carbocycles. The highest BCUT2D eigenvalue weighted by molar-refractivity contribution is 9.10. The molecule has 1 aliphatic rings. The minimum absolute atomic E-state index is 0.0535. The molecule has 162 valence electrons. The number of hydrogen-bond acceptors (Lipinski definition) is 7. The van der Waals surface area contributed by atoms with Gasteiger partial charge in [0.05, 0.1) is 37.9 Å². The first-order chi connectivity index (χ1) is 14.6. The van der Waals surface area contributed by atoms with Crippen LogP contribution in [-0.2, 0) is 21.2 Å². The fourth-order valence-electron chi connectivity index (χ4n) is 3.07. The number of sulfonamides is 1. The quantitative estimate of drug-likeness (QED) is 0.418. The lowest BCUT2D eigenvalue weighted by atomic mass is 10.1. The van der Waals surface area contributed by atoms with Gasteiger partial charge in [-0.15, -0.1) is 11.3 Å². The Bertz CT molecular complexity index is 1340. The SMILES string of the molecule is Cc1nc2c(s1)-c1cc(c(F)cc1F)NS(=O)(=O)c1cc(cc(Br)c1O)C(=O)OCC2. The Balaban J connectivity index is 1.97. The highest BCUT2D eigenvalue weighted by Gasteiger charge is 2.27.